The van der Waals surface area contributed by atoms with Crippen LogP contribution in [-0.4, -0.2) is 130 Å². The van der Waals surface area contributed by atoms with Crippen molar-refractivity contribution in [3.05, 3.63) is 41.5 Å². The number of thioether (sulfide) groups is 1. The van der Waals surface area contributed by atoms with E-state index in [0.717, 1.165) is 10.6 Å². The Bertz CT molecular complexity index is 1710. The summed E-state index contributed by atoms with van der Waals surface area (Å²) >= 11 is 1.56. The number of aliphatic hydroxyl groups excluding tert-OH is 1. The molecule has 14 heteroatoms. The molecule has 3 aliphatic heterocycles. The zero-order chi connectivity index (χ0) is 43.2. The van der Waals surface area contributed by atoms with Gasteiger partial charge in [-0.1, -0.05) is 66.7 Å². The van der Waals surface area contributed by atoms with Crippen LogP contribution in [0, 0.1) is 23.2 Å². The van der Waals surface area contributed by atoms with E-state index in [1.807, 2.05) is 60.6 Å². The van der Waals surface area contributed by atoms with Gasteiger partial charge in [0.2, 0.25) is 23.6 Å². The molecule has 1 saturated heterocycles. The molecule has 1 aromatic carbocycles. The number of fused-ring (bicyclic) bond motifs is 2. The van der Waals surface area contributed by atoms with Gasteiger partial charge in [-0.15, -0.1) is 11.8 Å². The summed E-state index contributed by atoms with van der Waals surface area (Å²) in [5, 5.41) is 15.1. The Hall–Kier alpha value is -3.91. The number of amides is 4. The third kappa shape index (κ3) is 11.4. The molecule has 2 bridgehead atoms. The predicted molar refractivity (Wildman–Crippen MR) is 227 cm³/mol. The maximum Gasteiger partial charge on any atom is 0.329 e. The molecule has 4 amide bonds. The zero-order valence-electron chi connectivity index (χ0n) is 36.6. The van der Waals surface area contributed by atoms with Gasteiger partial charge in [-0.3, -0.25) is 24.2 Å². The van der Waals surface area contributed by atoms with Gasteiger partial charge in [-0.25, -0.2) is 4.79 Å². The maximum absolute atomic E-state index is 14.4. The number of esters is 1. The Morgan fingerprint density at radius 3 is 2.24 bits per heavy atom. The summed E-state index contributed by atoms with van der Waals surface area (Å²) in [5.41, 5.74) is 0.756. The normalized spacial score (nSPS) is 31.5. The molecule has 4 rings (SSSR count). The lowest BCUT2D eigenvalue weighted by molar-refractivity contribution is -0.166. The highest BCUT2D eigenvalue weighted by molar-refractivity contribution is 8.14. The van der Waals surface area contributed by atoms with E-state index in [1.54, 1.807) is 62.9 Å². The summed E-state index contributed by atoms with van der Waals surface area (Å²) in [5.74, 6) is -1.50. The van der Waals surface area contributed by atoms with Gasteiger partial charge < -0.3 is 34.6 Å². The van der Waals surface area contributed by atoms with Crippen molar-refractivity contribution in [3.63, 3.8) is 0 Å². The first-order valence-corrected chi connectivity index (χ1v) is 21.7. The number of aliphatic imine (C=N–C) groups is 1. The van der Waals surface area contributed by atoms with Crippen molar-refractivity contribution < 1.29 is 38.6 Å². The number of nitrogens with one attached hydrogen (secondary N) is 1. The first kappa shape index (κ1) is 46.8. The van der Waals surface area contributed by atoms with Crippen molar-refractivity contribution in [1.29, 1.82) is 0 Å². The van der Waals surface area contributed by atoms with E-state index in [4.69, 9.17) is 14.5 Å². The first-order valence-electron chi connectivity index (χ1n) is 20.7. The highest BCUT2D eigenvalue weighted by Gasteiger charge is 2.44. The van der Waals surface area contributed by atoms with E-state index in [0.29, 0.717) is 49.3 Å². The van der Waals surface area contributed by atoms with Crippen LogP contribution in [0.3, 0.4) is 0 Å². The quantitative estimate of drug-likeness (QED) is 0.404. The molecule has 0 saturated carbocycles. The van der Waals surface area contributed by atoms with Gasteiger partial charge in [0, 0.05) is 44.3 Å². The Morgan fingerprint density at radius 1 is 0.983 bits per heavy atom. The highest BCUT2D eigenvalue weighted by Crippen LogP contribution is 2.34. The average molecular weight is 826 g/mol. The number of likely N-dealkylation sites (N-methyl/N-ethyl adjacent to an activating group) is 2. The van der Waals surface area contributed by atoms with Gasteiger partial charge in [0.15, 0.2) is 0 Å². The second-order valence-electron chi connectivity index (χ2n) is 18.0. The van der Waals surface area contributed by atoms with Crippen molar-refractivity contribution in [2.45, 2.75) is 137 Å². The monoisotopic (exact) mass is 825 g/mol. The Labute approximate surface area is 349 Å². The summed E-state index contributed by atoms with van der Waals surface area (Å²) < 4.78 is 11.6. The molecule has 58 heavy (non-hydrogen) atoms. The average Bonchev–Trinajstić information content (AvgIpc) is 3.86. The third-order valence-electron chi connectivity index (χ3n) is 11.9. The molecule has 0 unspecified atom stereocenters. The lowest BCUT2D eigenvalue weighted by atomic mass is 9.81. The fourth-order valence-corrected chi connectivity index (χ4v) is 9.14. The molecule has 13 nitrogen and oxygen atoms in total. The molecule has 1 fully saturated rings. The third-order valence-corrected chi connectivity index (χ3v) is 13.2. The van der Waals surface area contributed by atoms with Gasteiger partial charge >= 0.3 is 5.97 Å². The number of hydrogen-bond acceptors (Lipinski definition) is 10. The van der Waals surface area contributed by atoms with Gasteiger partial charge in [0.1, 0.15) is 36.0 Å². The molecule has 0 aromatic heterocycles. The lowest BCUT2D eigenvalue weighted by Crippen LogP contribution is -2.59. The molecular formula is C44H67N5O8S. The van der Waals surface area contributed by atoms with Crippen LogP contribution in [0.25, 0.3) is 0 Å². The Morgan fingerprint density at radius 2 is 1.64 bits per heavy atom. The van der Waals surface area contributed by atoms with E-state index in [1.165, 1.54) is 16.8 Å². The van der Waals surface area contributed by atoms with Gasteiger partial charge in [0.05, 0.1) is 24.3 Å². The molecule has 3 aliphatic rings. The molecule has 3 heterocycles. The van der Waals surface area contributed by atoms with Crippen molar-refractivity contribution in [1.82, 2.24) is 20.0 Å². The van der Waals surface area contributed by atoms with E-state index in [9.17, 15) is 29.1 Å². The SMILES string of the molecule is COc1ccc(C[C@@H]2NC(=O)/C(C)=C/[C@H]3CSC(=N3)[C@@H](C)[C@@H](O)C[C@H](C)C[C@@H](C(C)(C)C)OC(=O)[C@@H]3CCCN3C(=O)[C@H](C(C)C)N(C)C(=O)[C@H](C)N(C)C2=O)cc1. The highest BCUT2D eigenvalue weighted by atomic mass is 32.2. The molecule has 2 N–H and O–H groups in total. The topological polar surface area (TPSA) is 158 Å². The number of carbonyl (C=O) groups excluding carboxylic acids is 5. The van der Waals surface area contributed by atoms with E-state index >= 15 is 0 Å². The lowest BCUT2D eigenvalue weighted by Gasteiger charge is -2.38. The van der Waals surface area contributed by atoms with Crippen LogP contribution in [-0.2, 0) is 35.1 Å². The maximum atomic E-state index is 14.4. The molecule has 322 valence electrons. The second-order valence-corrected chi connectivity index (χ2v) is 19.0. The van der Waals surface area contributed by atoms with Crippen molar-refractivity contribution in [2.75, 3.05) is 33.5 Å². The number of ether oxygens (including phenoxy) is 2. The number of carbonyl (C=O) groups is 5. The van der Waals surface area contributed by atoms with Crippen LogP contribution >= 0.6 is 11.8 Å². The Balaban J connectivity index is 1.72. The number of nitrogens with zero attached hydrogens (tertiary/aromatic N) is 4. The van der Waals surface area contributed by atoms with E-state index < -0.39 is 65.5 Å². The number of aliphatic hydroxyl groups is 1. The number of cyclic esters (lactones) is 1. The van der Waals surface area contributed by atoms with Gasteiger partial charge in [-0.2, -0.15) is 0 Å². The first-order chi connectivity index (χ1) is 27.1. The minimum absolute atomic E-state index is 0.00224. The smallest absolute Gasteiger partial charge is 0.329 e. The number of benzene rings is 1. The summed E-state index contributed by atoms with van der Waals surface area (Å²) in [4.78, 5) is 79.9. The second kappa shape index (κ2) is 19.9. The largest absolute Gasteiger partial charge is 0.497 e. The van der Waals surface area contributed by atoms with Crippen LogP contribution in [0.15, 0.2) is 40.9 Å². The number of rotatable bonds is 4. The van der Waals surface area contributed by atoms with Crippen LogP contribution < -0.4 is 10.1 Å². The standard InChI is InChI=1S/C44H67N5O8S/c1-25(2)37-42(54)49-19-13-14-34(49)43(55)57-36(44(7,8)9)21-26(3)20-35(50)28(5)39-45-31(24-58-39)22-27(4)38(51)46-33(23-30-15-17-32(56-12)18-16-30)41(53)47(10)29(6)40(52)48(37)11/h15-18,22,25-26,28-29,31,33-37,50H,13-14,19-21,23-24H2,1-12H3,(H,46,51)/b27-22+/t26-,28-,29-,31-,33-,34-,35-,36-,37-/m0/s1. The van der Waals surface area contributed by atoms with Gasteiger partial charge in [0.25, 0.3) is 0 Å². The minimum atomic E-state index is -1.03. The summed E-state index contributed by atoms with van der Waals surface area (Å²) in [6, 6.07) is 3.16. The molecule has 0 radical (unpaired) electrons. The van der Waals surface area contributed by atoms with Crippen molar-refractivity contribution in [2.24, 2.45) is 28.2 Å². The summed E-state index contributed by atoms with van der Waals surface area (Å²) in [7, 11) is 4.64. The summed E-state index contributed by atoms with van der Waals surface area (Å²) in [6.07, 6.45) is 2.81. The van der Waals surface area contributed by atoms with E-state index in [-0.39, 0.29) is 36.1 Å². The van der Waals surface area contributed by atoms with Crippen LogP contribution in [0.1, 0.15) is 93.6 Å². The molecular weight excluding hydrogens is 759 g/mol. The Kier molecular flexibility index (Phi) is 16.0. The van der Waals surface area contributed by atoms with Crippen LogP contribution in [0.4, 0.5) is 0 Å². The van der Waals surface area contributed by atoms with Crippen LogP contribution in [0.5, 0.6) is 5.75 Å². The number of methoxy groups -OCH3 is 1. The van der Waals surface area contributed by atoms with Gasteiger partial charge in [-0.05, 0) is 74.5 Å². The number of hydrogen-bond donors (Lipinski definition) is 2. The summed E-state index contributed by atoms with van der Waals surface area (Å²) in [6.45, 7) is 17.4. The minimum Gasteiger partial charge on any atom is -0.497 e. The fraction of sp³-hybridized carbons (Fsp3) is 0.682. The molecule has 1 aromatic rings. The molecule has 0 spiro atoms. The zero-order valence-corrected chi connectivity index (χ0v) is 37.4. The van der Waals surface area contributed by atoms with Crippen molar-refractivity contribution >= 4 is 46.4 Å². The van der Waals surface area contributed by atoms with E-state index in [2.05, 4.69) is 5.32 Å². The van der Waals surface area contributed by atoms with Crippen molar-refractivity contribution in [3.8, 4) is 5.75 Å². The fourth-order valence-electron chi connectivity index (χ4n) is 7.99. The molecule has 9 atom stereocenters. The van der Waals surface area contributed by atoms with Crippen LogP contribution in [0.2, 0.25) is 0 Å². The molecule has 0 aliphatic carbocycles. The predicted octanol–water partition coefficient (Wildman–Crippen LogP) is 4.89.